The van der Waals surface area contributed by atoms with Gasteiger partial charge in [-0.1, -0.05) is 53.5 Å². The Hall–Kier alpha value is -1.42. The molecular formula is C17H13Cl2NOS. The lowest BCUT2D eigenvalue weighted by atomic mass is 10.2. The molecule has 22 heavy (non-hydrogen) atoms. The molecule has 2 nitrogen and oxygen atoms in total. The number of carbonyl (C=O) groups excluding carboxylic acids is 1. The molecule has 1 aliphatic heterocycles. The summed E-state index contributed by atoms with van der Waals surface area (Å²) in [5.74, 6) is 0.681. The second-order valence-electron chi connectivity index (χ2n) is 4.88. The van der Waals surface area contributed by atoms with E-state index in [0.29, 0.717) is 21.5 Å². The summed E-state index contributed by atoms with van der Waals surface area (Å²) in [5, 5.41) is 1.24. The molecule has 2 aromatic carbocycles. The van der Waals surface area contributed by atoms with Crippen molar-refractivity contribution in [3.63, 3.8) is 0 Å². The zero-order chi connectivity index (χ0) is 15.5. The summed E-state index contributed by atoms with van der Waals surface area (Å²) >= 11 is 13.7. The second-order valence-corrected chi connectivity index (χ2v) is 6.75. The number of anilines is 1. The van der Waals surface area contributed by atoms with Gasteiger partial charge >= 0.3 is 0 Å². The summed E-state index contributed by atoms with van der Waals surface area (Å²) in [6.07, 6.45) is 0. The molecule has 0 saturated carbocycles. The van der Waals surface area contributed by atoms with Gasteiger partial charge in [0, 0.05) is 16.5 Å². The number of rotatable bonds is 4. The van der Waals surface area contributed by atoms with Crippen molar-refractivity contribution >= 4 is 46.6 Å². The smallest absolute Gasteiger partial charge is 0.266 e. The number of nitrogens with zero attached hydrogens (tertiary/aromatic N) is 1. The minimum Gasteiger partial charge on any atom is -0.303 e. The third-order valence-electron chi connectivity index (χ3n) is 3.35. The van der Waals surface area contributed by atoms with Crippen LogP contribution in [0.15, 0.2) is 64.5 Å². The molecule has 0 atom stereocenters. The minimum atomic E-state index is -0.0479. The van der Waals surface area contributed by atoms with Crippen LogP contribution in [0, 0.1) is 0 Å². The van der Waals surface area contributed by atoms with Crippen LogP contribution in [0.25, 0.3) is 0 Å². The van der Waals surface area contributed by atoms with Gasteiger partial charge in [-0.3, -0.25) is 4.79 Å². The predicted molar refractivity (Wildman–Crippen MR) is 94.4 cm³/mol. The van der Waals surface area contributed by atoms with E-state index in [1.165, 1.54) is 17.3 Å². The Morgan fingerprint density at radius 2 is 1.68 bits per heavy atom. The van der Waals surface area contributed by atoms with Crippen molar-refractivity contribution in [3.05, 3.63) is 75.1 Å². The number of hydrogen-bond acceptors (Lipinski definition) is 2. The quantitative estimate of drug-likeness (QED) is 0.767. The molecular weight excluding hydrogens is 337 g/mol. The molecule has 5 heteroatoms. The topological polar surface area (TPSA) is 20.3 Å². The zero-order valence-electron chi connectivity index (χ0n) is 11.6. The Morgan fingerprint density at radius 3 is 2.36 bits per heavy atom. The number of halogens is 2. The van der Waals surface area contributed by atoms with Gasteiger partial charge in [0.1, 0.15) is 0 Å². The van der Waals surface area contributed by atoms with Crippen LogP contribution in [0.1, 0.15) is 5.56 Å². The highest BCUT2D eigenvalue weighted by Gasteiger charge is 2.30. The Labute approximate surface area is 143 Å². The third-order valence-corrected chi connectivity index (χ3v) is 5.21. The number of hydrogen-bond donors (Lipinski definition) is 0. The largest absolute Gasteiger partial charge is 0.303 e. The average Bonchev–Trinajstić information content (AvgIpc) is 2.82. The van der Waals surface area contributed by atoms with Gasteiger partial charge in [0.15, 0.2) is 0 Å². The number of thioether (sulfide) groups is 1. The van der Waals surface area contributed by atoms with Crippen molar-refractivity contribution in [3.8, 4) is 0 Å². The first kappa shape index (κ1) is 15.5. The molecule has 0 aromatic heterocycles. The van der Waals surface area contributed by atoms with Gasteiger partial charge in [0.2, 0.25) is 0 Å². The van der Waals surface area contributed by atoms with Crippen molar-refractivity contribution < 1.29 is 4.79 Å². The van der Waals surface area contributed by atoms with E-state index in [1.54, 1.807) is 17.0 Å². The molecule has 2 aromatic rings. The first-order valence-electron chi connectivity index (χ1n) is 6.78. The van der Waals surface area contributed by atoms with E-state index in [2.05, 4.69) is 0 Å². The van der Waals surface area contributed by atoms with Crippen LogP contribution in [0.5, 0.6) is 0 Å². The van der Waals surface area contributed by atoms with Crippen molar-refractivity contribution in [2.24, 2.45) is 0 Å². The van der Waals surface area contributed by atoms with Crippen LogP contribution in [0.2, 0.25) is 5.02 Å². The van der Waals surface area contributed by atoms with Crippen molar-refractivity contribution in [1.29, 1.82) is 0 Å². The second kappa shape index (κ2) is 6.78. The van der Waals surface area contributed by atoms with Crippen LogP contribution >= 0.6 is 35.0 Å². The lowest BCUT2D eigenvalue weighted by Gasteiger charge is -2.16. The van der Waals surface area contributed by atoms with E-state index in [4.69, 9.17) is 23.2 Å². The van der Waals surface area contributed by atoms with Gasteiger partial charge < -0.3 is 4.90 Å². The number of amides is 1. The van der Waals surface area contributed by atoms with Crippen LogP contribution < -0.4 is 4.90 Å². The Bertz CT molecular complexity index is 713. The monoisotopic (exact) mass is 349 g/mol. The lowest BCUT2D eigenvalue weighted by Crippen LogP contribution is -2.26. The fraction of sp³-hybridized carbons (Fsp3) is 0.118. The van der Waals surface area contributed by atoms with E-state index in [0.717, 1.165) is 11.4 Å². The molecule has 1 heterocycles. The molecule has 0 unspecified atom stereocenters. The Kier molecular flexibility index (Phi) is 4.77. The van der Waals surface area contributed by atoms with Crippen molar-refractivity contribution in [2.45, 2.75) is 5.75 Å². The first-order valence-corrected chi connectivity index (χ1v) is 8.52. The van der Waals surface area contributed by atoms with E-state index in [1.807, 2.05) is 42.5 Å². The van der Waals surface area contributed by atoms with E-state index < -0.39 is 0 Å². The lowest BCUT2D eigenvalue weighted by molar-refractivity contribution is -0.113. The normalized spacial score (nSPS) is 14.8. The summed E-state index contributed by atoms with van der Waals surface area (Å²) in [5.41, 5.74) is 1.98. The van der Waals surface area contributed by atoms with Crippen LogP contribution in [0.3, 0.4) is 0 Å². The Balaban J connectivity index is 1.72. The highest BCUT2D eigenvalue weighted by Crippen LogP contribution is 2.35. The molecule has 112 valence electrons. The maximum atomic E-state index is 12.6. The average molecular weight is 350 g/mol. The highest BCUT2D eigenvalue weighted by atomic mass is 35.5. The number of carbonyl (C=O) groups is 1. The first-order chi connectivity index (χ1) is 10.6. The Morgan fingerprint density at radius 1 is 1.00 bits per heavy atom. The van der Waals surface area contributed by atoms with Gasteiger partial charge in [-0.05, 0) is 29.8 Å². The molecule has 0 aliphatic carbocycles. The standard InChI is InChI=1S/C17H13Cl2NOS/c18-13-6-8-14(9-7-13)20-10-15(19)16(17(20)21)22-11-12-4-2-1-3-5-12/h1-9H,10-11H2. The summed E-state index contributed by atoms with van der Waals surface area (Å²) < 4.78 is 0. The maximum Gasteiger partial charge on any atom is 0.266 e. The summed E-state index contributed by atoms with van der Waals surface area (Å²) in [6, 6.07) is 17.2. The SMILES string of the molecule is O=C1C(SCc2ccccc2)=C(Cl)CN1c1ccc(Cl)cc1. The molecule has 1 amide bonds. The summed E-state index contributed by atoms with van der Waals surface area (Å²) in [6.45, 7) is 0.416. The van der Waals surface area contributed by atoms with Crippen LogP contribution in [-0.2, 0) is 10.5 Å². The zero-order valence-corrected chi connectivity index (χ0v) is 14.0. The van der Waals surface area contributed by atoms with Crippen LogP contribution in [0.4, 0.5) is 5.69 Å². The van der Waals surface area contributed by atoms with Crippen LogP contribution in [-0.4, -0.2) is 12.5 Å². The molecule has 0 radical (unpaired) electrons. The van der Waals surface area contributed by atoms with Gasteiger partial charge in [-0.15, -0.1) is 11.8 Å². The maximum absolute atomic E-state index is 12.6. The van der Waals surface area contributed by atoms with Gasteiger partial charge in [-0.25, -0.2) is 0 Å². The molecule has 0 bridgehead atoms. The molecule has 0 spiro atoms. The fourth-order valence-electron chi connectivity index (χ4n) is 2.22. The molecule has 3 rings (SSSR count). The summed E-state index contributed by atoms with van der Waals surface area (Å²) in [4.78, 5) is 14.9. The summed E-state index contributed by atoms with van der Waals surface area (Å²) in [7, 11) is 0. The third kappa shape index (κ3) is 3.32. The van der Waals surface area contributed by atoms with Crippen molar-refractivity contribution in [1.82, 2.24) is 0 Å². The van der Waals surface area contributed by atoms with Gasteiger partial charge in [0.25, 0.3) is 5.91 Å². The molecule has 0 saturated heterocycles. The van der Waals surface area contributed by atoms with Gasteiger partial charge in [-0.2, -0.15) is 0 Å². The molecule has 0 fully saturated rings. The van der Waals surface area contributed by atoms with E-state index in [-0.39, 0.29) is 5.91 Å². The molecule has 1 aliphatic rings. The van der Waals surface area contributed by atoms with Gasteiger partial charge in [0.05, 0.1) is 16.5 Å². The van der Waals surface area contributed by atoms with Crippen molar-refractivity contribution in [2.75, 3.05) is 11.4 Å². The number of benzene rings is 2. The predicted octanol–water partition coefficient (Wildman–Crippen LogP) is 5.07. The highest BCUT2D eigenvalue weighted by molar-refractivity contribution is 8.03. The van der Waals surface area contributed by atoms with E-state index >= 15 is 0 Å². The minimum absolute atomic E-state index is 0.0479. The fourth-order valence-corrected chi connectivity index (χ4v) is 3.67. The van der Waals surface area contributed by atoms with E-state index in [9.17, 15) is 4.79 Å². The molecule has 0 N–H and O–H groups in total.